The summed E-state index contributed by atoms with van der Waals surface area (Å²) in [6.07, 6.45) is -3.03. The lowest BCUT2D eigenvalue weighted by molar-refractivity contribution is -0.138. The number of hydrogen-bond donors (Lipinski definition) is 1. The van der Waals surface area contributed by atoms with Crippen molar-refractivity contribution in [3.05, 3.63) is 47.7 Å². The van der Waals surface area contributed by atoms with Crippen LogP contribution in [-0.2, 0) is 6.18 Å². The number of pyridine rings is 1. The maximum absolute atomic E-state index is 12.8. The molecule has 1 aromatic heterocycles. The van der Waals surface area contributed by atoms with E-state index in [1.807, 2.05) is 0 Å². The first kappa shape index (κ1) is 13.2. The van der Waals surface area contributed by atoms with Gasteiger partial charge in [-0.2, -0.15) is 13.2 Å². The molecule has 0 aliphatic carbocycles. The third kappa shape index (κ3) is 2.96. The van der Waals surface area contributed by atoms with E-state index in [4.69, 9.17) is 10.5 Å². The first-order valence-electron chi connectivity index (χ1n) is 5.44. The summed E-state index contributed by atoms with van der Waals surface area (Å²) in [5.41, 5.74) is 5.95. The molecule has 0 atom stereocenters. The zero-order chi connectivity index (χ0) is 14.0. The minimum atomic E-state index is -4.48. The highest BCUT2D eigenvalue weighted by Gasteiger charge is 2.34. The smallest absolute Gasteiger partial charge is 0.419 e. The van der Waals surface area contributed by atoms with Gasteiger partial charge in [-0.05, 0) is 24.6 Å². The highest BCUT2D eigenvalue weighted by atomic mass is 19.4. The van der Waals surface area contributed by atoms with E-state index >= 15 is 0 Å². The van der Waals surface area contributed by atoms with E-state index < -0.39 is 11.7 Å². The molecule has 0 radical (unpaired) electrons. The number of nitrogens with zero attached hydrogens (tertiary/aromatic N) is 1. The number of rotatable bonds is 2. The molecule has 0 saturated carbocycles. The Hall–Kier alpha value is -2.24. The summed E-state index contributed by atoms with van der Waals surface area (Å²) in [5.74, 6) is -0.273. The molecule has 2 rings (SSSR count). The number of ether oxygens (including phenoxy) is 1. The molecular weight excluding hydrogens is 257 g/mol. The Bertz CT molecular complexity index is 597. The second-order valence-electron chi connectivity index (χ2n) is 3.98. The largest absolute Gasteiger partial charge is 0.438 e. The molecule has 100 valence electrons. The zero-order valence-corrected chi connectivity index (χ0v) is 10.0. The first-order valence-corrected chi connectivity index (χ1v) is 5.44. The predicted octanol–water partition coefficient (Wildman–Crippen LogP) is 3.78. The lowest BCUT2D eigenvalue weighted by Crippen LogP contribution is -2.07. The molecule has 6 heteroatoms. The molecule has 0 saturated heterocycles. The quantitative estimate of drug-likeness (QED) is 0.901. The van der Waals surface area contributed by atoms with Crippen molar-refractivity contribution in [2.45, 2.75) is 13.1 Å². The Morgan fingerprint density at radius 3 is 2.53 bits per heavy atom. The highest BCUT2D eigenvalue weighted by Crippen LogP contribution is 2.37. The minimum Gasteiger partial charge on any atom is -0.438 e. The van der Waals surface area contributed by atoms with Gasteiger partial charge < -0.3 is 10.5 Å². The number of nitrogen functional groups attached to an aromatic ring is 1. The molecule has 3 nitrogen and oxygen atoms in total. The van der Waals surface area contributed by atoms with Gasteiger partial charge in [0.25, 0.3) is 0 Å². The fourth-order valence-corrected chi connectivity index (χ4v) is 1.48. The molecule has 2 N–H and O–H groups in total. The van der Waals surface area contributed by atoms with Gasteiger partial charge in [-0.3, -0.25) is 0 Å². The van der Waals surface area contributed by atoms with Crippen molar-refractivity contribution in [2.24, 2.45) is 0 Å². The number of aryl methyl sites for hydroxylation is 1. The van der Waals surface area contributed by atoms with Crippen LogP contribution in [0.5, 0.6) is 11.6 Å². The third-order valence-electron chi connectivity index (χ3n) is 2.53. The van der Waals surface area contributed by atoms with Crippen LogP contribution in [0.2, 0.25) is 0 Å². The number of alkyl halides is 3. The van der Waals surface area contributed by atoms with E-state index in [2.05, 4.69) is 4.98 Å². The van der Waals surface area contributed by atoms with Crippen molar-refractivity contribution in [3.63, 3.8) is 0 Å². The van der Waals surface area contributed by atoms with Crippen LogP contribution in [0.3, 0.4) is 0 Å². The molecule has 0 amide bonds. The van der Waals surface area contributed by atoms with Gasteiger partial charge in [-0.1, -0.05) is 12.1 Å². The second-order valence-corrected chi connectivity index (χ2v) is 3.98. The van der Waals surface area contributed by atoms with Crippen LogP contribution < -0.4 is 10.5 Å². The van der Waals surface area contributed by atoms with Crippen molar-refractivity contribution in [1.29, 1.82) is 0 Å². The molecule has 0 fully saturated rings. The summed E-state index contributed by atoms with van der Waals surface area (Å²) >= 11 is 0. The summed E-state index contributed by atoms with van der Waals surface area (Å²) in [6.45, 7) is 1.75. The molecule has 0 aliphatic heterocycles. The molecule has 0 unspecified atom stereocenters. The van der Waals surface area contributed by atoms with Crippen LogP contribution in [0.4, 0.5) is 18.9 Å². The molecule has 0 bridgehead atoms. The highest BCUT2D eigenvalue weighted by molar-refractivity contribution is 5.48. The van der Waals surface area contributed by atoms with Crippen LogP contribution in [-0.4, -0.2) is 4.98 Å². The normalized spacial score (nSPS) is 11.4. The third-order valence-corrected chi connectivity index (χ3v) is 2.53. The molecule has 1 aromatic carbocycles. The van der Waals surface area contributed by atoms with Crippen LogP contribution in [0.1, 0.15) is 11.1 Å². The van der Waals surface area contributed by atoms with Gasteiger partial charge in [0.05, 0.1) is 5.56 Å². The number of halogens is 3. The minimum absolute atomic E-state index is 0.0276. The molecule has 0 spiro atoms. The Balaban J connectivity index is 2.36. The SMILES string of the molecule is Cc1cnc(Oc2ccccc2C(F)(F)F)cc1N. The summed E-state index contributed by atoms with van der Waals surface area (Å²) in [6, 6.07) is 6.34. The Labute approximate surface area is 107 Å². The van der Waals surface area contributed by atoms with Crippen LogP contribution in [0.15, 0.2) is 36.5 Å². The topological polar surface area (TPSA) is 48.1 Å². The lowest BCUT2D eigenvalue weighted by Gasteiger charge is -2.13. The second kappa shape index (κ2) is 4.79. The van der Waals surface area contributed by atoms with E-state index in [1.165, 1.54) is 30.5 Å². The average Bonchev–Trinajstić information content (AvgIpc) is 2.33. The van der Waals surface area contributed by atoms with Crippen LogP contribution in [0, 0.1) is 6.92 Å². The Morgan fingerprint density at radius 2 is 1.89 bits per heavy atom. The fourth-order valence-electron chi connectivity index (χ4n) is 1.48. The summed E-state index contributed by atoms with van der Waals surface area (Å²) < 4.78 is 43.5. The molecule has 2 aromatic rings. The average molecular weight is 268 g/mol. The summed E-state index contributed by atoms with van der Waals surface area (Å²) in [5, 5.41) is 0. The van der Waals surface area contributed by atoms with Gasteiger partial charge in [0.1, 0.15) is 5.75 Å². The van der Waals surface area contributed by atoms with E-state index in [1.54, 1.807) is 6.92 Å². The van der Waals surface area contributed by atoms with Crippen molar-refractivity contribution >= 4 is 5.69 Å². The summed E-state index contributed by atoms with van der Waals surface area (Å²) in [7, 11) is 0. The number of hydrogen-bond acceptors (Lipinski definition) is 3. The maximum atomic E-state index is 12.8. The molecule has 19 heavy (non-hydrogen) atoms. The van der Waals surface area contributed by atoms with Crippen molar-refractivity contribution < 1.29 is 17.9 Å². The number of aromatic nitrogens is 1. The van der Waals surface area contributed by atoms with Crippen molar-refractivity contribution in [2.75, 3.05) is 5.73 Å². The van der Waals surface area contributed by atoms with E-state index in [-0.39, 0.29) is 11.6 Å². The van der Waals surface area contributed by atoms with E-state index in [9.17, 15) is 13.2 Å². The summed E-state index contributed by atoms with van der Waals surface area (Å²) in [4.78, 5) is 3.89. The maximum Gasteiger partial charge on any atom is 0.419 e. The van der Waals surface area contributed by atoms with Gasteiger partial charge in [0.15, 0.2) is 0 Å². The number of para-hydroxylation sites is 1. The fraction of sp³-hybridized carbons (Fsp3) is 0.154. The Kier molecular flexibility index (Phi) is 3.33. The molecular formula is C13H11F3N2O. The van der Waals surface area contributed by atoms with Crippen molar-refractivity contribution in [1.82, 2.24) is 4.98 Å². The zero-order valence-electron chi connectivity index (χ0n) is 10.0. The van der Waals surface area contributed by atoms with Crippen LogP contribution in [0.25, 0.3) is 0 Å². The monoisotopic (exact) mass is 268 g/mol. The number of anilines is 1. The molecule has 1 heterocycles. The standard InChI is InChI=1S/C13H11F3N2O/c1-8-7-18-12(6-10(8)17)19-11-5-3-2-4-9(11)13(14,15)16/h2-7H,1H3,(H2,17,18). The lowest BCUT2D eigenvalue weighted by atomic mass is 10.2. The number of benzene rings is 1. The van der Waals surface area contributed by atoms with E-state index in [0.717, 1.165) is 11.6 Å². The number of nitrogens with two attached hydrogens (primary N) is 1. The van der Waals surface area contributed by atoms with E-state index in [0.29, 0.717) is 5.69 Å². The van der Waals surface area contributed by atoms with Crippen molar-refractivity contribution in [3.8, 4) is 11.6 Å². The van der Waals surface area contributed by atoms with Gasteiger partial charge in [-0.25, -0.2) is 4.98 Å². The van der Waals surface area contributed by atoms with Gasteiger partial charge in [0, 0.05) is 18.0 Å². The molecule has 0 aliphatic rings. The first-order chi connectivity index (χ1) is 8.88. The predicted molar refractivity (Wildman–Crippen MR) is 64.9 cm³/mol. The van der Waals surface area contributed by atoms with Gasteiger partial charge in [0.2, 0.25) is 5.88 Å². The Morgan fingerprint density at radius 1 is 1.21 bits per heavy atom. The van der Waals surface area contributed by atoms with Gasteiger partial charge in [-0.15, -0.1) is 0 Å². The van der Waals surface area contributed by atoms with Gasteiger partial charge >= 0.3 is 6.18 Å². The van der Waals surface area contributed by atoms with Crippen LogP contribution >= 0.6 is 0 Å².